The number of carbonyl (C=O) groups excluding carboxylic acids is 3. The third-order valence-electron chi connectivity index (χ3n) is 4.56. The van der Waals surface area contributed by atoms with Gasteiger partial charge in [-0.1, -0.05) is 42.5 Å². The van der Waals surface area contributed by atoms with Crippen LogP contribution in [0, 0.1) is 0 Å². The fraction of sp³-hybridized carbons (Fsp3) is 0.286. The summed E-state index contributed by atoms with van der Waals surface area (Å²) in [6.45, 7) is 1.93. The van der Waals surface area contributed by atoms with Crippen LogP contribution in [0.4, 0.5) is 5.69 Å². The molecule has 0 aromatic heterocycles. The Morgan fingerprint density at radius 2 is 1.78 bits per heavy atom. The number of benzene rings is 2. The molecule has 1 aliphatic heterocycles. The van der Waals surface area contributed by atoms with Gasteiger partial charge < -0.3 is 16.0 Å². The maximum atomic E-state index is 12.3. The number of nitrogens with one attached hydrogen (secondary N) is 3. The van der Waals surface area contributed by atoms with Gasteiger partial charge in [0.25, 0.3) is 5.91 Å². The van der Waals surface area contributed by atoms with Crippen molar-refractivity contribution in [1.29, 1.82) is 0 Å². The molecular weight excluding hydrogens is 342 g/mol. The molecule has 0 radical (unpaired) electrons. The summed E-state index contributed by atoms with van der Waals surface area (Å²) in [5.74, 6) is -1.01. The summed E-state index contributed by atoms with van der Waals surface area (Å²) in [4.78, 5) is 37.0. The second-order valence-corrected chi connectivity index (χ2v) is 6.76. The van der Waals surface area contributed by atoms with E-state index in [0.717, 1.165) is 12.8 Å². The molecule has 3 N–H and O–H groups in total. The molecule has 0 fully saturated rings. The van der Waals surface area contributed by atoms with Gasteiger partial charge in [0.1, 0.15) is 6.04 Å². The summed E-state index contributed by atoms with van der Waals surface area (Å²) >= 11 is 0. The number of hydrogen-bond acceptors (Lipinski definition) is 3. The van der Waals surface area contributed by atoms with E-state index in [9.17, 15) is 14.4 Å². The Bertz CT molecular complexity index is 836. The Morgan fingerprint density at radius 3 is 2.56 bits per heavy atom. The smallest absolute Gasteiger partial charge is 0.254 e. The predicted octanol–water partition coefficient (Wildman–Crippen LogP) is 2.26. The second kappa shape index (κ2) is 8.49. The Hall–Kier alpha value is -3.15. The van der Waals surface area contributed by atoms with Gasteiger partial charge in [-0.2, -0.15) is 0 Å². The minimum atomic E-state index is -0.897. The van der Waals surface area contributed by atoms with Crippen molar-refractivity contribution in [2.45, 2.75) is 38.3 Å². The molecule has 27 heavy (non-hydrogen) atoms. The van der Waals surface area contributed by atoms with Crippen molar-refractivity contribution in [1.82, 2.24) is 10.6 Å². The first-order valence-electron chi connectivity index (χ1n) is 9.07. The SMILES string of the molecule is C[C@@H](CCc1ccccc1)NC(=O)C[C@H]1NC(=O)c2ccccc2NC1=O. The first kappa shape index (κ1) is 18.6. The number of rotatable bonds is 6. The zero-order chi connectivity index (χ0) is 19.2. The van der Waals surface area contributed by atoms with Gasteiger partial charge in [-0.05, 0) is 37.5 Å². The van der Waals surface area contributed by atoms with Gasteiger partial charge in [-0.15, -0.1) is 0 Å². The minimum absolute atomic E-state index is 0.0283. The Labute approximate surface area is 158 Å². The van der Waals surface area contributed by atoms with Crippen LogP contribution in [0.3, 0.4) is 0 Å². The van der Waals surface area contributed by atoms with Crippen LogP contribution in [-0.2, 0) is 16.0 Å². The second-order valence-electron chi connectivity index (χ2n) is 6.76. The monoisotopic (exact) mass is 365 g/mol. The highest BCUT2D eigenvalue weighted by Crippen LogP contribution is 2.18. The topological polar surface area (TPSA) is 87.3 Å². The quantitative estimate of drug-likeness (QED) is 0.734. The first-order valence-corrected chi connectivity index (χ1v) is 9.07. The molecule has 2 atom stereocenters. The molecule has 0 unspecified atom stereocenters. The van der Waals surface area contributed by atoms with Gasteiger partial charge in [0, 0.05) is 6.04 Å². The van der Waals surface area contributed by atoms with Crippen LogP contribution in [0.25, 0.3) is 0 Å². The number of carbonyl (C=O) groups is 3. The number of anilines is 1. The third kappa shape index (κ3) is 4.94. The Morgan fingerprint density at radius 1 is 1.07 bits per heavy atom. The lowest BCUT2D eigenvalue weighted by atomic mass is 10.1. The normalized spacial score (nSPS) is 17.1. The maximum Gasteiger partial charge on any atom is 0.254 e. The predicted molar refractivity (Wildman–Crippen MR) is 103 cm³/mol. The molecule has 0 aliphatic carbocycles. The van der Waals surface area contributed by atoms with E-state index in [0.29, 0.717) is 11.3 Å². The van der Waals surface area contributed by atoms with E-state index in [-0.39, 0.29) is 30.2 Å². The molecule has 140 valence electrons. The third-order valence-corrected chi connectivity index (χ3v) is 4.56. The van der Waals surface area contributed by atoms with Gasteiger partial charge in [0.05, 0.1) is 17.7 Å². The van der Waals surface area contributed by atoms with Crippen molar-refractivity contribution in [3.8, 4) is 0 Å². The van der Waals surface area contributed by atoms with Gasteiger partial charge in [-0.25, -0.2) is 0 Å². The molecule has 0 saturated carbocycles. The fourth-order valence-corrected chi connectivity index (χ4v) is 3.07. The minimum Gasteiger partial charge on any atom is -0.354 e. The van der Waals surface area contributed by atoms with Crippen molar-refractivity contribution in [2.24, 2.45) is 0 Å². The summed E-state index contributed by atoms with van der Waals surface area (Å²) in [6, 6.07) is 15.9. The molecular formula is C21H23N3O3. The number of fused-ring (bicyclic) bond motifs is 1. The van der Waals surface area contributed by atoms with Gasteiger partial charge in [0.15, 0.2) is 0 Å². The number of aryl methyl sites for hydroxylation is 1. The van der Waals surface area contributed by atoms with E-state index in [1.54, 1.807) is 24.3 Å². The summed E-state index contributed by atoms with van der Waals surface area (Å²) in [7, 11) is 0. The lowest BCUT2D eigenvalue weighted by Crippen LogP contribution is -2.45. The van der Waals surface area contributed by atoms with Crippen LogP contribution >= 0.6 is 0 Å². The van der Waals surface area contributed by atoms with Gasteiger partial charge >= 0.3 is 0 Å². The lowest BCUT2D eigenvalue weighted by Gasteiger charge is -2.17. The van der Waals surface area contributed by atoms with Crippen molar-refractivity contribution in [3.05, 3.63) is 65.7 Å². The summed E-state index contributed by atoms with van der Waals surface area (Å²) < 4.78 is 0. The Kier molecular flexibility index (Phi) is 5.86. The van der Waals surface area contributed by atoms with E-state index < -0.39 is 6.04 Å². The zero-order valence-electron chi connectivity index (χ0n) is 15.2. The molecule has 0 saturated heterocycles. The average molecular weight is 365 g/mol. The number of hydrogen-bond donors (Lipinski definition) is 3. The molecule has 2 aromatic rings. The highest BCUT2D eigenvalue weighted by atomic mass is 16.2. The van der Waals surface area contributed by atoms with Gasteiger partial charge in [0.2, 0.25) is 11.8 Å². The van der Waals surface area contributed by atoms with Crippen molar-refractivity contribution in [2.75, 3.05) is 5.32 Å². The summed E-state index contributed by atoms with van der Waals surface area (Å²) in [5, 5.41) is 8.25. The van der Waals surface area contributed by atoms with E-state index in [1.165, 1.54) is 5.56 Å². The molecule has 6 heteroatoms. The van der Waals surface area contributed by atoms with E-state index in [2.05, 4.69) is 28.1 Å². The van der Waals surface area contributed by atoms with E-state index in [1.807, 2.05) is 25.1 Å². The molecule has 0 spiro atoms. The van der Waals surface area contributed by atoms with Gasteiger partial charge in [-0.3, -0.25) is 14.4 Å². The highest BCUT2D eigenvalue weighted by Gasteiger charge is 2.29. The van der Waals surface area contributed by atoms with Crippen LogP contribution < -0.4 is 16.0 Å². The summed E-state index contributed by atoms with van der Waals surface area (Å²) in [6.07, 6.45) is 1.56. The van der Waals surface area contributed by atoms with E-state index >= 15 is 0 Å². The van der Waals surface area contributed by atoms with Crippen LogP contribution in [0.5, 0.6) is 0 Å². The maximum absolute atomic E-state index is 12.3. The average Bonchev–Trinajstić information content (AvgIpc) is 2.77. The van der Waals surface area contributed by atoms with Crippen molar-refractivity contribution >= 4 is 23.4 Å². The molecule has 1 aliphatic rings. The van der Waals surface area contributed by atoms with Crippen LogP contribution in [0.15, 0.2) is 54.6 Å². The molecule has 3 rings (SSSR count). The molecule has 6 nitrogen and oxygen atoms in total. The van der Waals surface area contributed by atoms with Crippen LogP contribution in [0.1, 0.15) is 35.7 Å². The van der Waals surface area contributed by atoms with Crippen LogP contribution in [-0.4, -0.2) is 29.8 Å². The first-order chi connectivity index (χ1) is 13.0. The van der Waals surface area contributed by atoms with Crippen molar-refractivity contribution < 1.29 is 14.4 Å². The van der Waals surface area contributed by atoms with E-state index in [4.69, 9.17) is 0 Å². The van der Waals surface area contributed by atoms with Crippen LogP contribution in [0.2, 0.25) is 0 Å². The molecule has 3 amide bonds. The number of para-hydroxylation sites is 1. The largest absolute Gasteiger partial charge is 0.354 e. The molecule has 2 aromatic carbocycles. The Balaban J connectivity index is 1.53. The molecule has 0 bridgehead atoms. The lowest BCUT2D eigenvalue weighted by molar-refractivity contribution is -0.126. The number of amides is 3. The molecule has 1 heterocycles. The van der Waals surface area contributed by atoms with Crippen molar-refractivity contribution in [3.63, 3.8) is 0 Å². The highest BCUT2D eigenvalue weighted by molar-refractivity contribution is 6.10. The fourth-order valence-electron chi connectivity index (χ4n) is 3.07. The summed E-state index contributed by atoms with van der Waals surface area (Å²) in [5.41, 5.74) is 2.07. The standard InChI is InChI=1S/C21H23N3O3/c1-14(11-12-15-7-3-2-4-8-15)22-19(25)13-18-21(27)23-17-10-6-5-9-16(17)20(26)24-18/h2-10,14,18H,11-13H2,1H3,(H,22,25)(H,23,27)(H,24,26)/t14-,18+/m0/s1. The zero-order valence-corrected chi connectivity index (χ0v) is 15.2.